The Hall–Kier alpha value is -1.92. The van der Waals surface area contributed by atoms with Crippen molar-refractivity contribution in [3.05, 3.63) is 40.7 Å². The summed E-state index contributed by atoms with van der Waals surface area (Å²) in [5.41, 5.74) is 0.650. The van der Waals surface area contributed by atoms with Crippen LogP contribution >= 0.6 is 11.6 Å². The molecule has 0 bridgehead atoms. The van der Waals surface area contributed by atoms with Crippen molar-refractivity contribution in [3.63, 3.8) is 0 Å². The largest absolute Gasteiger partial charge is 0.373 e. The number of ether oxygens (including phenoxy) is 1. The van der Waals surface area contributed by atoms with Gasteiger partial charge in [0.15, 0.2) is 0 Å². The number of halogens is 2. The Balaban J connectivity index is 1.55. The smallest absolute Gasteiger partial charge is 0.246 e. The van der Waals surface area contributed by atoms with Crippen molar-refractivity contribution in [2.24, 2.45) is 0 Å². The summed E-state index contributed by atoms with van der Waals surface area (Å²) in [7, 11) is 0. The molecule has 1 aromatic rings. The van der Waals surface area contributed by atoms with Crippen molar-refractivity contribution in [2.75, 3.05) is 32.8 Å². The second-order valence-electron chi connectivity index (χ2n) is 6.21. The van der Waals surface area contributed by atoms with Crippen LogP contribution < -0.4 is 0 Å². The summed E-state index contributed by atoms with van der Waals surface area (Å²) in [6.45, 7) is 2.90. The third kappa shape index (κ3) is 5.03. The molecule has 0 saturated carbocycles. The first kappa shape index (κ1) is 17.9. The fourth-order valence-corrected chi connectivity index (χ4v) is 2.94. The summed E-state index contributed by atoms with van der Waals surface area (Å²) >= 11 is 5.73. The molecular weight excluding hydrogens is 347 g/mol. The number of carbonyl (C=O) groups excluding carboxylic acids is 2. The van der Waals surface area contributed by atoms with Crippen LogP contribution in [0.1, 0.15) is 18.4 Å². The minimum Gasteiger partial charge on any atom is -0.373 e. The van der Waals surface area contributed by atoms with Crippen LogP contribution in [0.15, 0.2) is 24.3 Å². The minimum atomic E-state index is -0.493. The van der Waals surface area contributed by atoms with Crippen LogP contribution in [0.5, 0.6) is 0 Å². The third-order valence-corrected chi connectivity index (χ3v) is 4.67. The molecule has 0 aliphatic carbocycles. The molecule has 134 valence electrons. The van der Waals surface area contributed by atoms with Crippen LogP contribution in [-0.2, 0) is 14.3 Å². The number of hydrogen-bond donors (Lipinski definition) is 0. The first-order valence-electron chi connectivity index (χ1n) is 8.34. The topological polar surface area (TPSA) is 53.2 Å². The van der Waals surface area contributed by atoms with Crippen molar-refractivity contribution in [3.8, 4) is 0 Å². The van der Waals surface area contributed by atoms with Crippen molar-refractivity contribution >= 4 is 29.5 Å². The van der Waals surface area contributed by atoms with E-state index in [0.29, 0.717) is 44.3 Å². The lowest BCUT2D eigenvalue weighted by Crippen LogP contribution is -2.36. The maximum Gasteiger partial charge on any atom is 0.246 e. The minimum absolute atomic E-state index is 0.0188. The molecule has 5 nitrogen and oxygen atoms in total. The molecule has 0 unspecified atom stereocenters. The molecule has 1 atom stereocenters. The van der Waals surface area contributed by atoms with E-state index in [1.165, 1.54) is 18.2 Å². The molecule has 2 aliphatic rings. The monoisotopic (exact) mass is 366 g/mol. The molecule has 2 saturated heterocycles. The Morgan fingerprint density at radius 3 is 2.88 bits per heavy atom. The summed E-state index contributed by atoms with van der Waals surface area (Å²) in [4.78, 5) is 28.0. The molecule has 0 N–H and O–H groups in total. The zero-order chi connectivity index (χ0) is 17.8. The van der Waals surface area contributed by atoms with Crippen molar-refractivity contribution in [1.82, 2.24) is 9.80 Å². The van der Waals surface area contributed by atoms with E-state index in [-0.39, 0.29) is 16.8 Å². The Morgan fingerprint density at radius 1 is 1.36 bits per heavy atom. The normalized spacial score (nSPS) is 20.9. The van der Waals surface area contributed by atoms with Crippen LogP contribution in [0.25, 0.3) is 6.08 Å². The van der Waals surface area contributed by atoms with Crippen LogP contribution in [0.4, 0.5) is 4.39 Å². The second-order valence-corrected chi connectivity index (χ2v) is 6.61. The first-order valence-corrected chi connectivity index (χ1v) is 8.72. The van der Waals surface area contributed by atoms with E-state index in [1.54, 1.807) is 21.9 Å². The molecule has 25 heavy (non-hydrogen) atoms. The number of hydrogen-bond acceptors (Lipinski definition) is 3. The van der Waals surface area contributed by atoms with Gasteiger partial charge in [-0.25, -0.2) is 4.39 Å². The quantitative estimate of drug-likeness (QED) is 0.593. The van der Waals surface area contributed by atoms with Crippen LogP contribution in [0.2, 0.25) is 5.02 Å². The van der Waals surface area contributed by atoms with Gasteiger partial charge in [-0.3, -0.25) is 9.59 Å². The number of carbonyl (C=O) groups is 2. The van der Waals surface area contributed by atoms with Gasteiger partial charge in [-0.1, -0.05) is 17.7 Å². The fourth-order valence-electron chi connectivity index (χ4n) is 2.75. The molecule has 0 radical (unpaired) electrons. The highest BCUT2D eigenvalue weighted by Gasteiger charge is 2.26. The Bertz CT molecular complexity index is 691. The van der Waals surface area contributed by atoms with E-state index in [0.717, 1.165) is 13.0 Å². The van der Waals surface area contributed by atoms with Gasteiger partial charge >= 0.3 is 0 Å². The van der Waals surface area contributed by atoms with E-state index in [4.69, 9.17) is 16.3 Å². The highest BCUT2D eigenvalue weighted by Crippen LogP contribution is 2.17. The summed E-state index contributed by atoms with van der Waals surface area (Å²) in [5.74, 6) is -0.585. The van der Waals surface area contributed by atoms with Crippen LogP contribution in [0, 0.1) is 5.82 Å². The Morgan fingerprint density at radius 2 is 2.16 bits per heavy atom. The van der Waals surface area contributed by atoms with E-state index in [2.05, 4.69) is 0 Å². The zero-order valence-electron chi connectivity index (χ0n) is 13.8. The Labute approximate surface area is 151 Å². The third-order valence-electron chi connectivity index (χ3n) is 4.39. The molecule has 2 fully saturated rings. The molecule has 0 aromatic heterocycles. The predicted molar refractivity (Wildman–Crippen MR) is 92.6 cm³/mol. The van der Waals surface area contributed by atoms with Gasteiger partial charge in [0.05, 0.1) is 17.7 Å². The first-order chi connectivity index (χ1) is 12.0. The number of amides is 2. The number of epoxide rings is 1. The average Bonchev–Trinajstić information content (AvgIpc) is 3.42. The van der Waals surface area contributed by atoms with Gasteiger partial charge < -0.3 is 14.5 Å². The fraction of sp³-hybridized carbons (Fsp3) is 0.444. The van der Waals surface area contributed by atoms with Crippen LogP contribution in [-0.4, -0.2) is 60.5 Å². The molecule has 1 aromatic carbocycles. The molecule has 2 aliphatic heterocycles. The molecule has 2 amide bonds. The number of nitrogens with zero attached hydrogens (tertiary/aromatic N) is 2. The van der Waals surface area contributed by atoms with Gasteiger partial charge in [0.25, 0.3) is 0 Å². The average molecular weight is 367 g/mol. The molecule has 0 spiro atoms. The molecule has 7 heteroatoms. The molecule has 3 rings (SSSR count). The summed E-state index contributed by atoms with van der Waals surface area (Å²) in [6.07, 6.45) is 4.50. The maximum absolute atomic E-state index is 13.1. The second kappa shape index (κ2) is 7.97. The lowest BCUT2D eigenvalue weighted by molar-refractivity contribution is -0.130. The Kier molecular flexibility index (Phi) is 5.71. The molecule has 2 heterocycles. The van der Waals surface area contributed by atoms with Gasteiger partial charge in [-0.15, -0.1) is 0 Å². The van der Waals surface area contributed by atoms with Gasteiger partial charge in [-0.05, 0) is 30.2 Å². The highest BCUT2D eigenvalue weighted by atomic mass is 35.5. The van der Waals surface area contributed by atoms with Crippen molar-refractivity contribution in [2.45, 2.75) is 18.9 Å². The summed E-state index contributed by atoms with van der Waals surface area (Å²) < 4.78 is 18.3. The zero-order valence-corrected chi connectivity index (χ0v) is 14.5. The van der Waals surface area contributed by atoms with Gasteiger partial charge in [0, 0.05) is 38.7 Å². The summed E-state index contributed by atoms with van der Waals surface area (Å²) in [6, 6.07) is 4.28. The highest BCUT2D eigenvalue weighted by molar-refractivity contribution is 6.30. The number of benzene rings is 1. The van der Waals surface area contributed by atoms with Crippen LogP contribution in [0.3, 0.4) is 0 Å². The van der Waals surface area contributed by atoms with Gasteiger partial charge in [0.2, 0.25) is 11.8 Å². The molecular formula is C18H20ClFN2O3. The van der Waals surface area contributed by atoms with Gasteiger partial charge in [0.1, 0.15) is 5.82 Å². The van der Waals surface area contributed by atoms with E-state index >= 15 is 0 Å². The lowest BCUT2D eigenvalue weighted by Gasteiger charge is -2.21. The standard InChI is InChI=1S/C18H20ClFN2O3/c19-15-11-13(1-3-16(15)20)2-4-17(23)22-8-6-18(24)21(9-10-22)7-5-14-12-25-14/h1-4,11,14H,5-10,12H2/b4-2+/t14-/m1/s1. The van der Waals surface area contributed by atoms with E-state index in [9.17, 15) is 14.0 Å². The van der Waals surface area contributed by atoms with E-state index < -0.39 is 5.82 Å². The predicted octanol–water partition coefficient (Wildman–Crippen LogP) is 2.34. The SMILES string of the molecule is O=C(/C=C/c1ccc(F)c(Cl)c1)N1CCC(=O)N(CC[C@@H]2CO2)CC1. The number of rotatable bonds is 5. The summed E-state index contributed by atoms with van der Waals surface area (Å²) in [5, 5.41) is 0.0188. The van der Waals surface area contributed by atoms with Crippen molar-refractivity contribution < 1.29 is 18.7 Å². The van der Waals surface area contributed by atoms with Crippen molar-refractivity contribution in [1.29, 1.82) is 0 Å². The maximum atomic E-state index is 13.1. The lowest BCUT2D eigenvalue weighted by atomic mass is 10.2. The van der Waals surface area contributed by atoms with Gasteiger partial charge in [-0.2, -0.15) is 0 Å². The van der Waals surface area contributed by atoms with E-state index in [1.807, 2.05) is 0 Å².